The minimum absolute atomic E-state index is 0.0254. The van der Waals surface area contributed by atoms with Crippen LogP contribution in [0, 0.1) is 0 Å². The standard InChI is InChI=1S/C21H18O3.C2H6/c22-21(23)13-17-11-19(18-9-5-2-6-10-18)14-20(12-17)24-15-16-7-3-1-4-8-16;1-2/h1-12,14H,13,15H2,(H,22,23);1-2H3. The molecule has 0 aliphatic heterocycles. The van der Waals surface area contributed by atoms with Gasteiger partial charge in [0.1, 0.15) is 12.4 Å². The number of aliphatic carboxylic acids is 1. The van der Waals surface area contributed by atoms with Crippen LogP contribution in [0.4, 0.5) is 0 Å². The number of benzene rings is 3. The second-order valence-corrected chi connectivity index (χ2v) is 5.58. The fraction of sp³-hybridized carbons (Fsp3) is 0.174. The molecule has 0 amide bonds. The number of carbonyl (C=O) groups is 1. The maximum atomic E-state index is 11.1. The molecule has 0 unspecified atom stereocenters. The Bertz CT molecular complexity index is 811. The van der Waals surface area contributed by atoms with Gasteiger partial charge in [0.2, 0.25) is 0 Å². The first kappa shape index (κ1) is 19.3. The highest BCUT2D eigenvalue weighted by molar-refractivity contribution is 5.73. The van der Waals surface area contributed by atoms with Crippen molar-refractivity contribution in [1.82, 2.24) is 0 Å². The summed E-state index contributed by atoms with van der Waals surface area (Å²) >= 11 is 0. The summed E-state index contributed by atoms with van der Waals surface area (Å²) in [4.78, 5) is 11.1. The monoisotopic (exact) mass is 348 g/mol. The summed E-state index contributed by atoms with van der Waals surface area (Å²) in [5, 5.41) is 9.09. The molecular weight excluding hydrogens is 324 g/mol. The van der Waals surface area contributed by atoms with Gasteiger partial charge in [0, 0.05) is 0 Å². The second-order valence-electron chi connectivity index (χ2n) is 5.58. The van der Waals surface area contributed by atoms with E-state index in [9.17, 15) is 4.79 Å². The number of carboxylic acid groups (broad SMARTS) is 1. The molecule has 1 N–H and O–H groups in total. The van der Waals surface area contributed by atoms with E-state index in [1.807, 2.05) is 86.6 Å². The Morgan fingerprint density at radius 3 is 2.04 bits per heavy atom. The molecule has 0 spiro atoms. The lowest BCUT2D eigenvalue weighted by molar-refractivity contribution is -0.136. The average molecular weight is 348 g/mol. The van der Waals surface area contributed by atoms with Crippen LogP contribution in [-0.4, -0.2) is 11.1 Å². The molecular formula is C23H24O3. The molecule has 0 saturated carbocycles. The molecule has 0 heterocycles. The lowest BCUT2D eigenvalue weighted by Gasteiger charge is -2.11. The molecule has 0 radical (unpaired) electrons. The van der Waals surface area contributed by atoms with Gasteiger partial charge >= 0.3 is 5.97 Å². The van der Waals surface area contributed by atoms with E-state index in [1.165, 1.54) is 0 Å². The van der Waals surface area contributed by atoms with Gasteiger partial charge in [-0.05, 0) is 34.4 Å². The fourth-order valence-electron chi connectivity index (χ4n) is 2.56. The number of carboxylic acids is 1. The van der Waals surface area contributed by atoms with E-state index in [0.29, 0.717) is 12.4 Å². The molecule has 3 aromatic carbocycles. The Labute approximate surface area is 154 Å². The van der Waals surface area contributed by atoms with E-state index in [1.54, 1.807) is 6.07 Å². The maximum Gasteiger partial charge on any atom is 0.307 e. The van der Waals surface area contributed by atoms with Gasteiger partial charge < -0.3 is 9.84 Å². The molecule has 0 atom stereocenters. The minimum Gasteiger partial charge on any atom is -0.489 e. The van der Waals surface area contributed by atoms with Crippen molar-refractivity contribution in [3.63, 3.8) is 0 Å². The van der Waals surface area contributed by atoms with Gasteiger partial charge in [-0.15, -0.1) is 0 Å². The van der Waals surface area contributed by atoms with Crippen molar-refractivity contribution < 1.29 is 14.6 Å². The highest BCUT2D eigenvalue weighted by Gasteiger charge is 2.08. The summed E-state index contributed by atoms with van der Waals surface area (Å²) in [6, 6.07) is 25.4. The number of hydrogen-bond acceptors (Lipinski definition) is 2. The zero-order valence-electron chi connectivity index (χ0n) is 15.2. The Morgan fingerprint density at radius 2 is 1.42 bits per heavy atom. The van der Waals surface area contributed by atoms with Gasteiger partial charge in [-0.2, -0.15) is 0 Å². The van der Waals surface area contributed by atoms with E-state index >= 15 is 0 Å². The van der Waals surface area contributed by atoms with Crippen LogP contribution in [0.5, 0.6) is 5.75 Å². The summed E-state index contributed by atoms with van der Waals surface area (Å²) < 4.78 is 5.88. The predicted octanol–water partition coefficient (Wildman–Crippen LogP) is 5.59. The van der Waals surface area contributed by atoms with E-state index in [4.69, 9.17) is 9.84 Å². The molecule has 3 heteroatoms. The Kier molecular flexibility index (Phi) is 7.44. The van der Waals surface area contributed by atoms with Gasteiger partial charge in [0.25, 0.3) is 0 Å². The van der Waals surface area contributed by atoms with Crippen LogP contribution in [0.1, 0.15) is 25.0 Å². The molecule has 0 saturated heterocycles. The van der Waals surface area contributed by atoms with Crippen molar-refractivity contribution in [2.75, 3.05) is 0 Å². The Balaban J connectivity index is 0.00000117. The van der Waals surface area contributed by atoms with Crippen molar-refractivity contribution in [3.8, 4) is 16.9 Å². The van der Waals surface area contributed by atoms with Gasteiger partial charge in [0.15, 0.2) is 0 Å². The third-order valence-corrected chi connectivity index (χ3v) is 3.68. The first-order valence-electron chi connectivity index (χ1n) is 8.78. The first-order chi connectivity index (χ1) is 12.7. The molecule has 134 valence electrons. The summed E-state index contributed by atoms with van der Waals surface area (Å²) in [6.45, 7) is 4.45. The third kappa shape index (κ3) is 5.78. The van der Waals surface area contributed by atoms with Crippen LogP contribution in [0.2, 0.25) is 0 Å². The highest BCUT2D eigenvalue weighted by atomic mass is 16.5. The normalized spacial score (nSPS) is 9.77. The number of rotatable bonds is 6. The largest absolute Gasteiger partial charge is 0.489 e. The van der Waals surface area contributed by atoms with Crippen LogP contribution in [0.15, 0.2) is 78.9 Å². The zero-order chi connectivity index (χ0) is 18.8. The smallest absolute Gasteiger partial charge is 0.307 e. The first-order valence-corrected chi connectivity index (χ1v) is 8.78. The maximum absolute atomic E-state index is 11.1. The molecule has 0 aliphatic rings. The summed E-state index contributed by atoms with van der Waals surface area (Å²) in [6.07, 6.45) is -0.0254. The highest BCUT2D eigenvalue weighted by Crippen LogP contribution is 2.27. The molecule has 0 aliphatic carbocycles. The van der Waals surface area contributed by atoms with Crippen LogP contribution in [-0.2, 0) is 17.8 Å². The van der Waals surface area contributed by atoms with Gasteiger partial charge in [-0.3, -0.25) is 4.79 Å². The molecule has 26 heavy (non-hydrogen) atoms. The van der Waals surface area contributed by atoms with E-state index in [2.05, 4.69) is 0 Å². The quantitative estimate of drug-likeness (QED) is 0.632. The topological polar surface area (TPSA) is 46.5 Å². The average Bonchev–Trinajstić information content (AvgIpc) is 2.69. The van der Waals surface area contributed by atoms with Crippen LogP contribution >= 0.6 is 0 Å². The Hall–Kier alpha value is -3.07. The zero-order valence-corrected chi connectivity index (χ0v) is 15.2. The van der Waals surface area contributed by atoms with Gasteiger partial charge in [0.05, 0.1) is 6.42 Å². The number of hydrogen-bond donors (Lipinski definition) is 1. The molecule has 3 rings (SSSR count). The van der Waals surface area contributed by atoms with Crippen molar-refractivity contribution >= 4 is 5.97 Å². The van der Waals surface area contributed by atoms with Crippen LogP contribution in [0.3, 0.4) is 0 Å². The van der Waals surface area contributed by atoms with Gasteiger partial charge in [-0.1, -0.05) is 80.6 Å². The van der Waals surface area contributed by atoms with Crippen molar-refractivity contribution in [3.05, 3.63) is 90.0 Å². The van der Waals surface area contributed by atoms with Crippen LogP contribution < -0.4 is 4.74 Å². The molecule has 0 fully saturated rings. The molecule has 3 aromatic rings. The lowest BCUT2D eigenvalue weighted by Crippen LogP contribution is -2.02. The predicted molar refractivity (Wildman–Crippen MR) is 105 cm³/mol. The van der Waals surface area contributed by atoms with E-state index < -0.39 is 5.97 Å². The summed E-state index contributed by atoms with van der Waals surface area (Å²) in [5.41, 5.74) is 3.79. The molecule has 3 nitrogen and oxygen atoms in total. The summed E-state index contributed by atoms with van der Waals surface area (Å²) in [5.74, 6) is -0.175. The SMILES string of the molecule is CC.O=C(O)Cc1cc(OCc2ccccc2)cc(-c2ccccc2)c1. The van der Waals surface area contributed by atoms with Crippen molar-refractivity contribution in [1.29, 1.82) is 0 Å². The minimum atomic E-state index is -0.853. The Morgan fingerprint density at radius 1 is 0.808 bits per heavy atom. The molecule has 0 aromatic heterocycles. The third-order valence-electron chi connectivity index (χ3n) is 3.68. The van der Waals surface area contributed by atoms with Gasteiger partial charge in [-0.25, -0.2) is 0 Å². The van der Waals surface area contributed by atoms with Crippen LogP contribution in [0.25, 0.3) is 11.1 Å². The van der Waals surface area contributed by atoms with E-state index in [-0.39, 0.29) is 6.42 Å². The lowest BCUT2D eigenvalue weighted by atomic mass is 10.0. The van der Waals surface area contributed by atoms with Crippen molar-refractivity contribution in [2.45, 2.75) is 26.9 Å². The molecule has 0 bridgehead atoms. The number of ether oxygens (including phenoxy) is 1. The fourth-order valence-corrected chi connectivity index (χ4v) is 2.56. The summed E-state index contributed by atoms with van der Waals surface area (Å²) in [7, 11) is 0. The van der Waals surface area contributed by atoms with Crippen molar-refractivity contribution in [2.24, 2.45) is 0 Å². The second kappa shape index (κ2) is 10.0. The van der Waals surface area contributed by atoms with E-state index in [0.717, 1.165) is 22.3 Å².